The summed E-state index contributed by atoms with van der Waals surface area (Å²) in [5, 5.41) is 3.47. The lowest BCUT2D eigenvalue weighted by molar-refractivity contribution is 0.403. The third kappa shape index (κ3) is 3.16. The number of nitrogens with one attached hydrogen (secondary N) is 1. The standard InChI is InChI=1S/C13H22N4/c1-3-10-8-13(16-9(2)15-10)17-12-7-5-4-6-11(12)14/h8,11-12H,3-7,14H2,1-2H3,(H,15,16,17). The second-order valence-electron chi connectivity index (χ2n) is 4.84. The number of nitrogens with two attached hydrogens (primary N) is 1. The Labute approximate surface area is 103 Å². The Morgan fingerprint density at radius 3 is 2.82 bits per heavy atom. The quantitative estimate of drug-likeness (QED) is 0.840. The van der Waals surface area contributed by atoms with E-state index in [-0.39, 0.29) is 6.04 Å². The van der Waals surface area contributed by atoms with Crippen LogP contribution >= 0.6 is 0 Å². The minimum atomic E-state index is 0.254. The molecule has 94 valence electrons. The first-order chi connectivity index (χ1) is 8.19. The number of anilines is 1. The van der Waals surface area contributed by atoms with Crippen LogP contribution in [-0.4, -0.2) is 22.1 Å². The molecule has 17 heavy (non-hydrogen) atoms. The van der Waals surface area contributed by atoms with E-state index in [1.807, 2.05) is 13.0 Å². The van der Waals surface area contributed by atoms with Crippen LogP contribution in [0.2, 0.25) is 0 Å². The largest absolute Gasteiger partial charge is 0.366 e. The van der Waals surface area contributed by atoms with E-state index in [1.54, 1.807) is 0 Å². The molecule has 0 saturated heterocycles. The fraction of sp³-hybridized carbons (Fsp3) is 0.692. The van der Waals surface area contributed by atoms with Gasteiger partial charge >= 0.3 is 0 Å². The Bertz CT molecular complexity index is 378. The van der Waals surface area contributed by atoms with E-state index in [1.165, 1.54) is 12.8 Å². The van der Waals surface area contributed by atoms with Gasteiger partial charge in [0.2, 0.25) is 0 Å². The Hall–Kier alpha value is -1.16. The van der Waals surface area contributed by atoms with Gasteiger partial charge in [0.25, 0.3) is 0 Å². The highest BCUT2D eigenvalue weighted by atomic mass is 15.1. The van der Waals surface area contributed by atoms with Gasteiger partial charge in [-0.2, -0.15) is 0 Å². The highest BCUT2D eigenvalue weighted by Gasteiger charge is 2.21. The first-order valence-corrected chi connectivity index (χ1v) is 6.55. The summed E-state index contributed by atoms with van der Waals surface area (Å²) in [4.78, 5) is 8.81. The highest BCUT2D eigenvalue weighted by Crippen LogP contribution is 2.20. The summed E-state index contributed by atoms with van der Waals surface area (Å²) in [7, 11) is 0. The van der Waals surface area contributed by atoms with Crippen molar-refractivity contribution in [1.82, 2.24) is 9.97 Å². The van der Waals surface area contributed by atoms with E-state index in [9.17, 15) is 0 Å². The van der Waals surface area contributed by atoms with E-state index >= 15 is 0 Å². The predicted octanol–water partition coefficient (Wildman–Crippen LogP) is 2.03. The van der Waals surface area contributed by atoms with Gasteiger partial charge in [-0.15, -0.1) is 0 Å². The van der Waals surface area contributed by atoms with Crippen molar-refractivity contribution >= 4 is 5.82 Å². The SMILES string of the molecule is CCc1cc(NC2CCCCC2N)nc(C)n1. The minimum absolute atomic E-state index is 0.254. The van der Waals surface area contributed by atoms with Crippen molar-refractivity contribution in [2.24, 2.45) is 5.73 Å². The molecule has 2 atom stereocenters. The fourth-order valence-corrected chi connectivity index (χ4v) is 2.41. The maximum absolute atomic E-state index is 6.13. The number of nitrogens with zero attached hydrogens (tertiary/aromatic N) is 2. The van der Waals surface area contributed by atoms with Crippen LogP contribution in [-0.2, 0) is 6.42 Å². The maximum atomic E-state index is 6.13. The summed E-state index contributed by atoms with van der Waals surface area (Å²) in [6.07, 6.45) is 5.71. The molecule has 0 amide bonds. The molecule has 1 aromatic heterocycles. The zero-order valence-electron chi connectivity index (χ0n) is 10.7. The van der Waals surface area contributed by atoms with Crippen LogP contribution in [0.5, 0.6) is 0 Å². The lowest BCUT2D eigenvalue weighted by Crippen LogP contribution is -2.42. The molecule has 0 aromatic carbocycles. The average molecular weight is 234 g/mol. The molecule has 0 aliphatic heterocycles. The normalized spacial score (nSPS) is 24.6. The molecule has 1 saturated carbocycles. The monoisotopic (exact) mass is 234 g/mol. The molecule has 4 nitrogen and oxygen atoms in total. The van der Waals surface area contributed by atoms with Crippen molar-refractivity contribution in [2.45, 2.75) is 58.0 Å². The Morgan fingerprint density at radius 2 is 2.12 bits per heavy atom. The highest BCUT2D eigenvalue weighted by molar-refractivity contribution is 5.37. The van der Waals surface area contributed by atoms with Crippen LogP contribution in [0.3, 0.4) is 0 Å². The summed E-state index contributed by atoms with van der Waals surface area (Å²) >= 11 is 0. The molecular formula is C13H22N4. The average Bonchev–Trinajstić information content (AvgIpc) is 2.31. The van der Waals surface area contributed by atoms with Gasteiger partial charge in [-0.1, -0.05) is 19.8 Å². The maximum Gasteiger partial charge on any atom is 0.130 e. The first kappa shape index (κ1) is 12.3. The molecule has 4 heteroatoms. The molecule has 2 rings (SSSR count). The second kappa shape index (κ2) is 5.45. The topological polar surface area (TPSA) is 63.8 Å². The molecule has 1 aliphatic carbocycles. The molecule has 2 unspecified atom stereocenters. The molecule has 1 heterocycles. The molecule has 0 spiro atoms. The predicted molar refractivity (Wildman–Crippen MR) is 70.0 cm³/mol. The third-order valence-electron chi connectivity index (χ3n) is 3.41. The molecule has 0 bridgehead atoms. The number of aromatic nitrogens is 2. The van der Waals surface area contributed by atoms with E-state index in [2.05, 4.69) is 22.2 Å². The Balaban J connectivity index is 2.09. The summed E-state index contributed by atoms with van der Waals surface area (Å²) in [6.45, 7) is 4.04. The Morgan fingerprint density at radius 1 is 1.35 bits per heavy atom. The van der Waals surface area contributed by atoms with Crippen LogP contribution in [0.25, 0.3) is 0 Å². The summed E-state index contributed by atoms with van der Waals surface area (Å²) < 4.78 is 0. The van der Waals surface area contributed by atoms with Crippen molar-refractivity contribution in [2.75, 3.05) is 5.32 Å². The van der Waals surface area contributed by atoms with Crippen molar-refractivity contribution in [3.8, 4) is 0 Å². The van der Waals surface area contributed by atoms with Crippen molar-refractivity contribution in [3.05, 3.63) is 17.6 Å². The zero-order chi connectivity index (χ0) is 12.3. The van der Waals surface area contributed by atoms with E-state index in [0.29, 0.717) is 6.04 Å². The molecule has 1 aliphatic rings. The van der Waals surface area contributed by atoms with Crippen LogP contribution in [0.4, 0.5) is 5.82 Å². The molecule has 0 radical (unpaired) electrons. The van der Waals surface area contributed by atoms with Crippen LogP contribution in [0.15, 0.2) is 6.07 Å². The summed E-state index contributed by atoms with van der Waals surface area (Å²) in [5.74, 6) is 1.76. The Kier molecular flexibility index (Phi) is 3.94. The molecule has 1 aromatic rings. The van der Waals surface area contributed by atoms with Crippen LogP contribution in [0.1, 0.15) is 44.1 Å². The summed E-state index contributed by atoms with van der Waals surface area (Å²) in [5.41, 5.74) is 7.22. The lowest BCUT2D eigenvalue weighted by atomic mass is 9.91. The zero-order valence-corrected chi connectivity index (χ0v) is 10.7. The minimum Gasteiger partial charge on any atom is -0.366 e. The van der Waals surface area contributed by atoms with Gasteiger partial charge in [-0.3, -0.25) is 0 Å². The van der Waals surface area contributed by atoms with Crippen molar-refractivity contribution in [1.29, 1.82) is 0 Å². The van der Waals surface area contributed by atoms with Gasteiger partial charge in [0.15, 0.2) is 0 Å². The van der Waals surface area contributed by atoms with E-state index in [0.717, 1.165) is 36.6 Å². The smallest absolute Gasteiger partial charge is 0.130 e. The number of hydrogen-bond acceptors (Lipinski definition) is 4. The van der Waals surface area contributed by atoms with Crippen LogP contribution < -0.4 is 11.1 Å². The first-order valence-electron chi connectivity index (χ1n) is 6.55. The number of rotatable bonds is 3. The molecule has 3 N–H and O–H groups in total. The fourth-order valence-electron chi connectivity index (χ4n) is 2.41. The molecule has 1 fully saturated rings. The van der Waals surface area contributed by atoms with Gasteiger partial charge in [0.05, 0.1) is 0 Å². The van der Waals surface area contributed by atoms with Gasteiger partial charge in [0.1, 0.15) is 11.6 Å². The second-order valence-corrected chi connectivity index (χ2v) is 4.84. The van der Waals surface area contributed by atoms with Crippen molar-refractivity contribution < 1.29 is 0 Å². The van der Waals surface area contributed by atoms with E-state index < -0.39 is 0 Å². The number of hydrogen-bond donors (Lipinski definition) is 2. The molecular weight excluding hydrogens is 212 g/mol. The van der Waals surface area contributed by atoms with Crippen molar-refractivity contribution in [3.63, 3.8) is 0 Å². The lowest BCUT2D eigenvalue weighted by Gasteiger charge is -2.29. The van der Waals surface area contributed by atoms with Crippen LogP contribution in [0, 0.1) is 6.92 Å². The third-order valence-corrected chi connectivity index (χ3v) is 3.41. The van der Waals surface area contributed by atoms with Gasteiger partial charge < -0.3 is 11.1 Å². The number of aryl methyl sites for hydroxylation is 2. The van der Waals surface area contributed by atoms with E-state index in [4.69, 9.17) is 5.73 Å². The van der Waals surface area contributed by atoms with Gasteiger partial charge in [-0.05, 0) is 26.2 Å². The van der Waals surface area contributed by atoms with Gasteiger partial charge in [0, 0.05) is 23.8 Å². The summed E-state index contributed by atoms with van der Waals surface area (Å²) in [6, 6.07) is 2.65. The van der Waals surface area contributed by atoms with Gasteiger partial charge in [-0.25, -0.2) is 9.97 Å².